The van der Waals surface area contributed by atoms with E-state index in [0.29, 0.717) is 10.7 Å². The predicted octanol–water partition coefficient (Wildman–Crippen LogP) is 7.16. The molecule has 1 fully saturated rings. The van der Waals surface area contributed by atoms with Gasteiger partial charge in [-0.3, -0.25) is 13.9 Å². The van der Waals surface area contributed by atoms with Gasteiger partial charge in [-0.05, 0) is 80.6 Å². The van der Waals surface area contributed by atoms with Crippen LogP contribution < -0.4 is 9.62 Å². The average Bonchev–Trinajstić information content (AvgIpc) is 3.55. The van der Waals surface area contributed by atoms with Crippen molar-refractivity contribution in [2.24, 2.45) is 0 Å². The van der Waals surface area contributed by atoms with E-state index in [-0.39, 0.29) is 29.8 Å². The molecular weight excluding hydrogens is 630 g/mol. The first-order valence-corrected chi connectivity index (χ1v) is 17.9. The van der Waals surface area contributed by atoms with E-state index in [1.165, 1.54) is 9.21 Å². The fourth-order valence-corrected chi connectivity index (χ4v) is 7.88. The highest BCUT2D eigenvalue weighted by Crippen LogP contribution is 2.29. The Labute approximate surface area is 283 Å². The van der Waals surface area contributed by atoms with Crippen molar-refractivity contribution >= 4 is 39.1 Å². The molecule has 1 saturated carbocycles. The predicted molar refractivity (Wildman–Crippen MR) is 188 cm³/mol. The number of benzene rings is 4. The summed E-state index contributed by atoms with van der Waals surface area (Å²) < 4.78 is 29.8. The normalized spacial score (nSPS) is 14.0. The third-order valence-corrected chi connectivity index (χ3v) is 10.7. The van der Waals surface area contributed by atoms with E-state index in [1.807, 2.05) is 69.3 Å². The molecule has 2 amide bonds. The van der Waals surface area contributed by atoms with Crippen molar-refractivity contribution < 1.29 is 18.0 Å². The lowest BCUT2D eigenvalue weighted by Crippen LogP contribution is -2.54. The third kappa shape index (κ3) is 8.62. The molecule has 0 heterocycles. The highest BCUT2D eigenvalue weighted by Gasteiger charge is 2.36. The second-order valence-corrected chi connectivity index (χ2v) is 14.8. The molecule has 0 spiro atoms. The fourth-order valence-electron chi connectivity index (χ4n) is 6.19. The number of carbonyl (C=O) groups is 2. The SMILES string of the molecule is Cc1ccc(S(=O)(=O)N(CC(=O)N(Cc2cccc(Cl)c2)[C@H](Cc2ccccc2)C(=O)NC2CCCC2)c2ccc(C)cc2C)cc1. The van der Waals surface area contributed by atoms with E-state index in [2.05, 4.69) is 5.32 Å². The Hall–Kier alpha value is -4.14. The molecule has 0 aromatic heterocycles. The molecule has 7 nitrogen and oxygen atoms in total. The topological polar surface area (TPSA) is 86.8 Å². The number of sulfonamides is 1. The summed E-state index contributed by atoms with van der Waals surface area (Å²) in [5.74, 6) is -0.751. The van der Waals surface area contributed by atoms with Gasteiger partial charge in [-0.25, -0.2) is 8.42 Å². The molecule has 47 heavy (non-hydrogen) atoms. The summed E-state index contributed by atoms with van der Waals surface area (Å²) in [5.41, 5.74) is 4.64. The molecule has 0 radical (unpaired) electrons. The van der Waals surface area contributed by atoms with Crippen LogP contribution in [0.3, 0.4) is 0 Å². The van der Waals surface area contributed by atoms with Gasteiger partial charge in [-0.1, -0.05) is 102 Å². The summed E-state index contributed by atoms with van der Waals surface area (Å²) in [5, 5.41) is 3.71. The highest BCUT2D eigenvalue weighted by atomic mass is 35.5. The Morgan fingerprint density at radius 2 is 1.49 bits per heavy atom. The van der Waals surface area contributed by atoms with Gasteiger partial charge < -0.3 is 10.2 Å². The lowest BCUT2D eigenvalue weighted by molar-refractivity contribution is -0.140. The molecule has 0 aliphatic heterocycles. The van der Waals surface area contributed by atoms with Gasteiger partial charge in [0.05, 0.1) is 10.6 Å². The first-order chi connectivity index (χ1) is 22.5. The van der Waals surface area contributed by atoms with Gasteiger partial charge in [-0.2, -0.15) is 0 Å². The molecule has 0 saturated heterocycles. The molecule has 1 aliphatic carbocycles. The molecule has 1 aliphatic rings. The summed E-state index contributed by atoms with van der Waals surface area (Å²) in [6, 6.07) is 28.0. The van der Waals surface area contributed by atoms with Crippen LogP contribution in [0.25, 0.3) is 0 Å². The van der Waals surface area contributed by atoms with Crippen LogP contribution in [0, 0.1) is 20.8 Å². The maximum absolute atomic E-state index is 14.7. The first-order valence-electron chi connectivity index (χ1n) is 16.1. The van der Waals surface area contributed by atoms with Gasteiger partial charge in [-0.15, -0.1) is 0 Å². The summed E-state index contributed by atoms with van der Waals surface area (Å²) in [6.45, 7) is 5.23. The van der Waals surface area contributed by atoms with Crippen LogP contribution in [0.15, 0.2) is 102 Å². The summed E-state index contributed by atoms with van der Waals surface area (Å²) >= 11 is 6.36. The molecule has 1 N–H and O–H groups in total. The van der Waals surface area contributed by atoms with Crippen LogP contribution in [-0.2, 0) is 32.6 Å². The standard InChI is InChI=1S/C38H42ClN3O4S/c1-27-16-19-34(20-17-27)47(45,46)42(35-21-18-28(2)22-29(35)3)26-37(43)41(25-31-12-9-13-32(39)23-31)36(24-30-10-5-4-6-11-30)38(44)40-33-14-7-8-15-33/h4-6,9-13,16-23,33,36H,7-8,14-15,24-26H2,1-3H3,(H,40,44)/t36-/m1/s1. The zero-order valence-corrected chi connectivity index (χ0v) is 28.7. The second kappa shape index (κ2) is 15.2. The minimum absolute atomic E-state index is 0.0394. The molecule has 9 heteroatoms. The summed E-state index contributed by atoms with van der Waals surface area (Å²) in [6.07, 6.45) is 4.13. The zero-order chi connectivity index (χ0) is 33.6. The summed E-state index contributed by atoms with van der Waals surface area (Å²) in [7, 11) is -4.17. The van der Waals surface area contributed by atoms with E-state index in [1.54, 1.807) is 48.5 Å². The van der Waals surface area contributed by atoms with Crippen molar-refractivity contribution in [1.29, 1.82) is 0 Å². The lowest BCUT2D eigenvalue weighted by atomic mass is 10.0. The molecule has 0 unspecified atom stereocenters. The number of amides is 2. The minimum atomic E-state index is -4.17. The Morgan fingerprint density at radius 1 is 0.830 bits per heavy atom. The van der Waals surface area contributed by atoms with E-state index in [9.17, 15) is 18.0 Å². The van der Waals surface area contributed by atoms with Crippen molar-refractivity contribution in [2.45, 2.75) is 76.4 Å². The van der Waals surface area contributed by atoms with Crippen molar-refractivity contribution in [2.75, 3.05) is 10.8 Å². The van der Waals surface area contributed by atoms with Crippen LogP contribution in [0.5, 0.6) is 0 Å². The van der Waals surface area contributed by atoms with Gasteiger partial charge in [0.1, 0.15) is 12.6 Å². The number of nitrogens with one attached hydrogen (secondary N) is 1. The van der Waals surface area contributed by atoms with E-state index >= 15 is 0 Å². The number of carbonyl (C=O) groups excluding carboxylic acids is 2. The Kier molecular flexibility index (Phi) is 11.0. The van der Waals surface area contributed by atoms with Crippen LogP contribution in [0.2, 0.25) is 5.02 Å². The van der Waals surface area contributed by atoms with Crippen molar-refractivity contribution in [1.82, 2.24) is 10.2 Å². The number of hydrogen-bond acceptors (Lipinski definition) is 4. The summed E-state index contributed by atoms with van der Waals surface area (Å²) in [4.78, 5) is 30.4. The maximum Gasteiger partial charge on any atom is 0.264 e. The van der Waals surface area contributed by atoms with E-state index in [0.717, 1.165) is 53.5 Å². The second-order valence-electron chi connectivity index (χ2n) is 12.5. The van der Waals surface area contributed by atoms with Gasteiger partial charge in [0.2, 0.25) is 11.8 Å². The Bertz CT molecular complexity index is 1810. The van der Waals surface area contributed by atoms with Crippen LogP contribution >= 0.6 is 11.6 Å². The molecule has 5 rings (SSSR count). The Morgan fingerprint density at radius 3 is 2.15 bits per heavy atom. The first kappa shape index (κ1) is 34.2. The number of hydrogen-bond donors (Lipinski definition) is 1. The van der Waals surface area contributed by atoms with Crippen molar-refractivity contribution in [3.05, 3.63) is 130 Å². The number of rotatable bonds is 12. The molecule has 4 aromatic rings. The van der Waals surface area contributed by atoms with Crippen LogP contribution in [0.4, 0.5) is 5.69 Å². The van der Waals surface area contributed by atoms with Gasteiger partial charge in [0.25, 0.3) is 10.0 Å². The monoisotopic (exact) mass is 671 g/mol. The quantitative estimate of drug-likeness (QED) is 0.173. The molecule has 246 valence electrons. The number of aryl methyl sites for hydroxylation is 3. The zero-order valence-electron chi connectivity index (χ0n) is 27.2. The third-order valence-electron chi connectivity index (χ3n) is 8.72. The minimum Gasteiger partial charge on any atom is -0.352 e. The smallest absolute Gasteiger partial charge is 0.264 e. The van der Waals surface area contributed by atoms with Crippen molar-refractivity contribution in [3.8, 4) is 0 Å². The molecule has 1 atom stereocenters. The average molecular weight is 672 g/mol. The number of halogens is 1. The van der Waals surface area contributed by atoms with Gasteiger partial charge in [0.15, 0.2) is 0 Å². The van der Waals surface area contributed by atoms with Gasteiger partial charge >= 0.3 is 0 Å². The number of nitrogens with zero attached hydrogens (tertiary/aromatic N) is 2. The molecular formula is C38H42ClN3O4S. The maximum atomic E-state index is 14.7. The highest BCUT2D eigenvalue weighted by molar-refractivity contribution is 7.92. The van der Waals surface area contributed by atoms with Crippen LogP contribution in [0.1, 0.15) is 53.5 Å². The largest absolute Gasteiger partial charge is 0.352 e. The molecule has 4 aromatic carbocycles. The molecule has 0 bridgehead atoms. The van der Waals surface area contributed by atoms with Gasteiger partial charge in [0, 0.05) is 24.0 Å². The van der Waals surface area contributed by atoms with E-state index < -0.39 is 28.5 Å². The van der Waals surface area contributed by atoms with Crippen LogP contribution in [-0.4, -0.2) is 43.8 Å². The lowest BCUT2D eigenvalue weighted by Gasteiger charge is -2.34. The van der Waals surface area contributed by atoms with Crippen molar-refractivity contribution in [3.63, 3.8) is 0 Å². The fraction of sp³-hybridized carbons (Fsp3) is 0.316. The Balaban J connectivity index is 1.58. The van der Waals surface area contributed by atoms with E-state index in [4.69, 9.17) is 11.6 Å². The number of anilines is 1.